The Kier molecular flexibility index (Phi) is 3.55. The highest BCUT2D eigenvalue weighted by Gasteiger charge is 2.44. The first kappa shape index (κ1) is 16.7. The van der Waals surface area contributed by atoms with Gasteiger partial charge in [0.2, 0.25) is 5.91 Å². The van der Waals surface area contributed by atoms with Gasteiger partial charge in [-0.1, -0.05) is 12.1 Å². The molecule has 3 aromatic rings. The van der Waals surface area contributed by atoms with Gasteiger partial charge in [0.25, 0.3) is 0 Å². The molecule has 0 bridgehead atoms. The molecule has 0 spiro atoms. The van der Waals surface area contributed by atoms with Crippen LogP contribution in [-0.4, -0.2) is 17.6 Å². The number of thiophene rings is 1. The van der Waals surface area contributed by atoms with Gasteiger partial charge in [0.05, 0.1) is 17.6 Å². The van der Waals surface area contributed by atoms with E-state index in [1.165, 1.54) is 22.2 Å². The summed E-state index contributed by atoms with van der Waals surface area (Å²) < 4.78 is 21.1. The van der Waals surface area contributed by atoms with Gasteiger partial charge in [-0.15, -0.1) is 11.3 Å². The zero-order chi connectivity index (χ0) is 18.8. The molecule has 0 saturated heterocycles. The van der Waals surface area contributed by atoms with Crippen molar-refractivity contribution in [1.29, 1.82) is 0 Å². The van der Waals surface area contributed by atoms with E-state index in [2.05, 4.69) is 41.0 Å². The van der Waals surface area contributed by atoms with Crippen LogP contribution in [0, 0.1) is 5.82 Å². The molecular formula is C22H18FNO2S. The smallest absolute Gasteiger partial charge is 0.234 e. The standard InChI is InChI=1S/C22H18FNO2S/c1-22(2)16(12-3-6-19-13(9-12)7-8-27-19)11-18(26-22)20-15-5-4-14(23)10-17(15)24-21(20)25/h3-11,18,20H,1-2H3,(H,24,25). The summed E-state index contributed by atoms with van der Waals surface area (Å²) in [6.07, 6.45) is 1.66. The van der Waals surface area contributed by atoms with E-state index >= 15 is 0 Å². The lowest BCUT2D eigenvalue weighted by Gasteiger charge is -2.26. The van der Waals surface area contributed by atoms with Crippen LogP contribution in [0.5, 0.6) is 0 Å². The van der Waals surface area contributed by atoms with E-state index < -0.39 is 11.5 Å². The number of halogens is 1. The molecular weight excluding hydrogens is 361 g/mol. The number of carbonyl (C=O) groups excluding carboxylic acids is 1. The molecule has 0 aliphatic carbocycles. The summed E-state index contributed by atoms with van der Waals surface area (Å²) in [6, 6.07) is 12.9. The lowest BCUT2D eigenvalue weighted by Crippen LogP contribution is -2.30. The predicted octanol–water partition coefficient (Wildman–Crippen LogP) is 5.34. The minimum absolute atomic E-state index is 0.151. The summed E-state index contributed by atoms with van der Waals surface area (Å²) >= 11 is 1.72. The Morgan fingerprint density at radius 2 is 2.00 bits per heavy atom. The van der Waals surface area contributed by atoms with Crippen molar-refractivity contribution in [3.05, 3.63) is 70.9 Å². The molecule has 3 heterocycles. The highest BCUT2D eigenvalue weighted by Crippen LogP contribution is 2.45. The van der Waals surface area contributed by atoms with E-state index in [1.54, 1.807) is 17.4 Å². The van der Waals surface area contributed by atoms with Crippen LogP contribution in [0.1, 0.15) is 30.9 Å². The molecule has 1 N–H and O–H groups in total. The van der Waals surface area contributed by atoms with Crippen LogP contribution in [0.2, 0.25) is 0 Å². The van der Waals surface area contributed by atoms with Gasteiger partial charge >= 0.3 is 0 Å². The maximum Gasteiger partial charge on any atom is 0.234 e. The summed E-state index contributed by atoms with van der Waals surface area (Å²) in [4.78, 5) is 12.6. The van der Waals surface area contributed by atoms with Crippen molar-refractivity contribution in [3.63, 3.8) is 0 Å². The highest BCUT2D eigenvalue weighted by atomic mass is 32.1. The molecule has 5 rings (SSSR count). The first-order valence-corrected chi connectivity index (χ1v) is 9.78. The topological polar surface area (TPSA) is 38.3 Å². The van der Waals surface area contributed by atoms with E-state index in [4.69, 9.17) is 4.74 Å². The summed E-state index contributed by atoms with van der Waals surface area (Å²) in [5, 5.41) is 6.07. The van der Waals surface area contributed by atoms with E-state index in [0.717, 1.165) is 16.7 Å². The van der Waals surface area contributed by atoms with Gasteiger partial charge in [0.15, 0.2) is 0 Å². The number of anilines is 1. The minimum Gasteiger partial charge on any atom is -0.362 e. The van der Waals surface area contributed by atoms with Crippen molar-refractivity contribution in [2.45, 2.75) is 31.5 Å². The quantitative estimate of drug-likeness (QED) is 0.653. The van der Waals surface area contributed by atoms with Gasteiger partial charge in [-0.3, -0.25) is 4.79 Å². The van der Waals surface area contributed by atoms with Gasteiger partial charge < -0.3 is 10.1 Å². The zero-order valence-electron chi connectivity index (χ0n) is 15.0. The molecule has 0 fully saturated rings. The van der Waals surface area contributed by atoms with Crippen LogP contribution in [0.3, 0.4) is 0 Å². The number of ether oxygens (including phenoxy) is 1. The molecule has 2 aliphatic rings. The SMILES string of the molecule is CC1(C)OC(C2C(=O)Nc3cc(F)ccc32)C=C1c1ccc2sccc2c1. The fraction of sp³-hybridized carbons (Fsp3) is 0.227. The first-order chi connectivity index (χ1) is 12.9. The van der Waals surface area contributed by atoms with Gasteiger partial charge in [0.1, 0.15) is 5.82 Å². The van der Waals surface area contributed by atoms with Crippen LogP contribution in [0.15, 0.2) is 53.9 Å². The molecule has 0 saturated carbocycles. The summed E-state index contributed by atoms with van der Waals surface area (Å²) in [7, 11) is 0. The second kappa shape index (κ2) is 5.75. The van der Waals surface area contributed by atoms with Crippen molar-refractivity contribution in [3.8, 4) is 0 Å². The molecule has 5 heteroatoms. The van der Waals surface area contributed by atoms with Gasteiger partial charge in [-0.2, -0.15) is 0 Å². The largest absolute Gasteiger partial charge is 0.362 e. The Morgan fingerprint density at radius 1 is 1.15 bits per heavy atom. The van der Waals surface area contributed by atoms with E-state index in [1.807, 2.05) is 13.8 Å². The molecule has 1 amide bonds. The maximum atomic E-state index is 13.5. The van der Waals surface area contributed by atoms with E-state index in [-0.39, 0.29) is 17.8 Å². The summed E-state index contributed by atoms with van der Waals surface area (Å²) in [5.41, 5.74) is 2.98. The molecule has 3 nitrogen and oxygen atoms in total. The Labute approximate surface area is 160 Å². The normalized spacial score (nSPS) is 23.4. The molecule has 2 aliphatic heterocycles. The fourth-order valence-corrected chi connectivity index (χ4v) is 4.90. The number of benzene rings is 2. The average Bonchev–Trinajstić information content (AvgIpc) is 3.28. The number of fused-ring (bicyclic) bond motifs is 2. The van der Waals surface area contributed by atoms with Crippen molar-refractivity contribution >= 4 is 38.6 Å². The van der Waals surface area contributed by atoms with Crippen LogP contribution in [-0.2, 0) is 9.53 Å². The van der Waals surface area contributed by atoms with Crippen molar-refractivity contribution in [2.75, 3.05) is 5.32 Å². The van der Waals surface area contributed by atoms with Crippen molar-refractivity contribution < 1.29 is 13.9 Å². The van der Waals surface area contributed by atoms with Gasteiger partial charge in [0, 0.05) is 10.4 Å². The second-order valence-corrected chi connectivity index (χ2v) is 8.49. The predicted molar refractivity (Wildman–Crippen MR) is 107 cm³/mol. The zero-order valence-corrected chi connectivity index (χ0v) is 15.8. The van der Waals surface area contributed by atoms with Crippen LogP contribution in [0.25, 0.3) is 15.7 Å². The summed E-state index contributed by atoms with van der Waals surface area (Å²) in [5.74, 6) is -0.980. The van der Waals surface area contributed by atoms with Crippen molar-refractivity contribution in [1.82, 2.24) is 0 Å². The third-order valence-corrected chi connectivity index (χ3v) is 6.29. The first-order valence-electron chi connectivity index (χ1n) is 8.90. The molecule has 2 unspecified atom stereocenters. The molecule has 0 radical (unpaired) electrons. The van der Waals surface area contributed by atoms with E-state index in [0.29, 0.717) is 5.69 Å². The van der Waals surface area contributed by atoms with Crippen LogP contribution < -0.4 is 5.32 Å². The number of rotatable bonds is 2. The van der Waals surface area contributed by atoms with Crippen LogP contribution >= 0.6 is 11.3 Å². The number of hydrogen-bond donors (Lipinski definition) is 1. The minimum atomic E-state index is -0.516. The highest BCUT2D eigenvalue weighted by molar-refractivity contribution is 7.17. The molecule has 2 atom stereocenters. The fourth-order valence-electron chi connectivity index (χ4n) is 4.13. The number of amides is 1. The monoisotopic (exact) mass is 379 g/mol. The van der Waals surface area contributed by atoms with Crippen molar-refractivity contribution in [2.24, 2.45) is 0 Å². The lowest BCUT2D eigenvalue weighted by molar-refractivity contribution is -0.120. The third kappa shape index (κ3) is 2.61. The Hall–Kier alpha value is -2.50. The Bertz CT molecular complexity index is 1110. The average molecular weight is 379 g/mol. The third-order valence-electron chi connectivity index (χ3n) is 5.39. The molecule has 136 valence electrons. The van der Waals surface area contributed by atoms with Gasteiger partial charge in [-0.25, -0.2) is 4.39 Å². The maximum absolute atomic E-state index is 13.5. The molecule has 27 heavy (non-hydrogen) atoms. The van der Waals surface area contributed by atoms with E-state index in [9.17, 15) is 9.18 Å². The van der Waals surface area contributed by atoms with Crippen LogP contribution in [0.4, 0.5) is 10.1 Å². The number of carbonyl (C=O) groups is 1. The molecule has 2 aromatic carbocycles. The summed E-state index contributed by atoms with van der Waals surface area (Å²) in [6.45, 7) is 4.05. The van der Waals surface area contributed by atoms with Gasteiger partial charge in [-0.05, 0) is 77.7 Å². The second-order valence-electron chi connectivity index (χ2n) is 7.54. The Morgan fingerprint density at radius 3 is 2.85 bits per heavy atom. The Balaban J connectivity index is 1.56. The number of hydrogen-bond acceptors (Lipinski definition) is 3. The lowest BCUT2D eigenvalue weighted by atomic mass is 9.90. The molecule has 1 aromatic heterocycles. The number of nitrogens with one attached hydrogen (secondary N) is 1.